The second-order valence-corrected chi connectivity index (χ2v) is 11.6. The van der Waals surface area contributed by atoms with Crippen molar-refractivity contribution in [2.24, 2.45) is 0 Å². The van der Waals surface area contributed by atoms with E-state index in [4.69, 9.17) is 13.7 Å². The number of rotatable bonds is 10. The summed E-state index contributed by atoms with van der Waals surface area (Å²) < 4.78 is 65.9. The summed E-state index contributed by atoms with van der Waals surface area (Å²) in [6.07, 6.45) is -0.141. The van der Waals surface area contributed by atoms with Crippen LogP contribution in [0.1, 0.15) is 34.7 Å². The Kier molecular flexibility index (Phi) is 8.75. The Morgan fingerprint density at radius 3 is 2.42 bits per heavy atom. The van der Waals surface area contributed by atoms with Gasteiger partial charge < -0.3 is 29.1 Å². The minimum absolute atomic E-state index is 0.0283. The molecule has 1 fully saturated rings. The highest BCUT2D eigenvalue weighted by Crippen LogP contribution is 2.32. The lowest BCUT2D eigenvalue weighted by atomic mass is 9.89. The third-order valence-electron chi connectivity index (χ3n) is 5.25. The Labute approximate surface area is 217 Å². The molecular weight excluding hydrogens is 550 g/mol. The van der Waals surface area contributed by atoms with E-state index in [1.807, 2.05) is 0 Å². The molecule has 1 aromatic heterocycles. The second-order valence-electron chi connectivity index (χ2n) is 8.41. The molecule has 0 bridgehead atoms. The predicted molar refractivity (Wildman–Crippen MR) is 128 cm³/mol. The standard InChI is InChI=1S/C21H25N3O12S2/c1-37(29,30)35-11-14-8-9-21(12-34-14,24-20(28)33-10-13-6-4-3-5-7-13)19-22-15(18(26)27)16(17(25)23-19)36-38(2,31)32/h3-7,14H,8-12H2,1-2H3,(H,24,28)(H,26,27)(H,22,23,25). The average molecular weight is 576 g/mol. The molecule has 2 unspecified atom stereocenters. The number of carbonyl (C=O) groups is 2. The maximum absolute atomic E-state index is 12.7. The topological polar surface area (TPSA) is 217 Å². The summed E-state index contributed by atoms with van der Waals surface area (Å²) in [7, 11) is -8.04. The number of H-pyrrole nitrogens is 1. The van der Waals surface area contributed by atoms with Crippen LogP contribution in [0.2, 0.25) is 0 Å². The first-order chi connectivity index (χ1) is 17.7. The number of hydrogen-bond acceptors (Lipinski definition) is 12. The number of aromatic carboxylic acids is 1. The molecule has 1 aromatic carbocycles. The van der Waals surface area contributed by atoms with E-state index in [0.717, 1.165) is 6.26 Å². The molecule has 17 heteroatoms. The number of carbonyl (C=O) groups excluding carboxylic acids is 1. The van der Waals surface area contributed by atoms with E-state index in [9.17, 15) is 36.3 Å². The Morgan fingerprint density at radius 1 is 1.18 bits per heavy atom. The van der Waals surface area contributed by atoms with Crippen LogP contribution in [0, 0.1) is 0 Å². The van der Waals surface area contributed by atoms with E-state index < -0.39 is 67.6 Å². The molecule has 208 valence electrons. The van der Waals surface area contributed by atoms with Crippen molar-refractivity contribution in [2.75, 3.05) is 25.7 Å². The molecular formula is C21H25N3O12S2. The van der Waals surface area contributed by atoms with Crippen molar-refractivity contribution < 1.29 is 49.4 Å². The summed E-state index contributed by atoms with van der Waals surface area (Å²) in [5.41, 5.74) is -3.23. The van der Waals surface area contributed by atoms with Gasteiger partial charge in [0.25, 0.3) is 15.7 Å². The van der Waals surface area contributed by atoms with Gasteiger partial charge in [-0.1, -0.05) is 30.3 Å². The smallest absolute Gasteiger partial charge is 0.408 e. The normalized spacial score (nSPS) is 19.9. The zero-order chi connectivity index (χ0) is 28.1. The molecule has 0 aliphatic carbocycles. The number of aromatic amines is 1. The van der Waals surface area contributed by atoms with E-state index in [-0.39, 0.29) is 31.9 Å². The van der Waals surface area contributed by atoms with Gasteiger partial charge in [0.2, 0.25) is 5.75 Å². The molecule has 3 rings (SSSR count). The van der Waals surface area contributed by atoms with E-state index in [1.165, 1.54) is 0 Å². The highest BCUT2D eigenvalue weighted by molar-refractivity contribution is 7.86. The maximum Gasteiger partial charge on any atom is 0.408 e. The van der Waals surface area contributed by atoms with Gasteiger partial charge in [-0.05, 0) is 18.4 Å². The molecule has 2 atom stereocenters. The number of benzene rings is 1. The number of ether oxygens (including phenoxy) is 2. The van der Waals surface area contributed by atoms with E-state index in [1.54, 1.807) is 30.3 Å². The number of carboxylic acids is 1. The fourth-order valence-corrected chi connectivity index (χ4v) is 4.37. The Hall–Kier alpha value is -3.54. The lowest BCUT2D eigenvalue weighted by Crippen LogP contribution is -2.55. The van der Waals surface area contributed by atoms with Crippen LogP contribution in [0.3, 0.4) is 0 Å². The Bertz CT molecular complexity index is 1450. The number of aromatic nitrogens is 2. The largest absolute Gasteiger partial charge is 0.476 e. The summed E-state index contributed by atoms with van der Waals surface area (Å²) in [5.74, 6) is -3.21. The van der Waals surface area contributed by atoms with Gasteiger partial charge in [-0.2, -0.15) is 16.8 Å². The Balaban J connectivity index is 1.94. The quantitative estimate of drug-likeness (QED) is 0.320. The molecule has 1 aliphatic rings. The number of hydrogen-bond donors (Lipinski definition) is 3. The fourth-order valence-electron chi connectivity index (χ4n) is 3.52. The first-order valence-electron chi connectivity index (χ1n) is 10.9. The second kappa shape index (κ2) is 11.5. The molecule has 1 saturated heterocycles. The molecule has 15 nitrogen and oxygen atoms in total. The third kappa shape index (κ3) is 7.98. The molecule has 38 heavy (non-hydrogen) atoms. The van der Waals surface area contributed by atoms with Crippen LogP contribution in [0.5, 0.6) is 5.75 Å². The molecule has 1 amide bonds. The predicted octanol–water partition coefficient (Wildman–Crippen LogP) is 0.0834. The van der Waals surface area contributed by atoms with Crippen molar-refractivity contribution in [3.8, 4) is 5.75 Å². The van der Waals surface area contributed by atoms with Crippen molar-refractivity contribution in [3.63, 3.8) is 0 Å². The first-order valence-corrected chi connectivity index (χ1v) is 14.5. The van der Waals surface area contributed by atoms with Crippen molar-refractivity contribution in [3.05, 3.63) is 57.8 Å². The molecule has 0 saturated carbocycles. The molecule has 2 aromatic rings. The number of carboxylic acid groups (broad SMARTS) is 1. The molecule has 1 aliphatic heterocycles. The highest BCUT2D eigenvalue weighted by Gasteiger charge is 2.43. The summed E-state index contributed by atoms with van der Waals surface area (Å²) in [4.78, 5) is 43.3. The van der Waals surface area contributed by atoms with E-state index in [0.29, 0.717) is 11.8 Å². The van der Waals surface area contributed by atoms with Gasteiger partial charge >= 0.3 is 22.2 Å². The van der Waals surface area contributed by atoms with Crippen LogP contribution in [-0.2, 0) is 46.0 Å². The minimum atomic E-state index is -4.29. The van der Waals surface area contributed by atoms with Crippen LogP contribution in [-0.4, -0.2) is 75.8 Å². The van der Waals surface area contributed by atoms with Gasteiger partial charge in [0.1, 0.15) is 18.0 Å². The van der Waals surface area contributed by atoms with Gasteiger partial charge in [0, 0.05) is 0 Å². The fraction of sp³-hybridized carbons (Fsp3) is 0.429. The van der Waals surface area contributed by atoms with Gasteiger partial charge in [0.05, 0.1) is 31.8 Å². The van der Waals surface area contributed by atoms with Gasteiger partial charge in [-0.3, -0.25) is 8.98 Å². The van der Waals surface area contributed by atoms with Crippen molar-refractivity contribution >= 4 is 32.3 Å². The molecule has 3 N–H and O–H groups in total. The lowest BCUT2D eigenvalue weighted by Gasteiger charge is -2.39. The number of amides is 1. The van der Waals surface area contributed by atoms with Crippen LogP contribution in [0.25, 0.3) is 0 Å². The summed E-state index contributed by atoms with van der Waals surface area (Å²) in [6.45, 7) is -0.835. The molecule has 0 radical (unpaired) electrons. The molecule has 0 spiro atoms. The van der Waals surface area contributed by atoms with Crippen molar-refractivity contribution in [1.82, 2.24) is 15.3 Å². The number of nitrogens with zero attached hydrogens (tertiary/aromatic N) is 1. The van der Waals surface area contributed by atoms with Crippen molar-refractivity contribution in [2.45, 2.75) is 31.1 Å². The monoisotopic (exact) mass is 575 g/mol. The Morgan fingerprint density at radius 2 is 1.87 bits per heavy atom. The summed E-state index contributed by atoms with van der Waals surface area (Å²) in [5, 5.41) is 12.1. The van der Waals surface area contributed by atoms with Gasteiger partial charge in [-0.25, -0.2) is 14.6 Å². The minimum Gasteiger partial charge on any atom is -0.476 e. The SMILES string of the molecule is CS(=O)(=O)OCC1CCC(NC(=O)OCc2ccccc2)(c2nc(C(=O)O)c(OS(C)(=O)=O)c(=O)[nH]2)CO1. The first kappa shape index (κ1) is 29.0. The maximum atomic E-state index is 12.7. The zero-order valence-electron chi connectivity index (χ0n) is 20.2. The van der Waals surface area contributed by atoms with Crippen LogP contribution < -0.4 is 15.1 Å². The third-order valence-corrected chi connectivity index (χ3v) is 6.28. The van der Waals surface area contributed by atoms with Crippen LogP contribution in [0.15, 0.2) is 35.1 Å². The van der Waals surface area contributed by atoms with Crippen LogP contribution in [0.4, 0.5) is 4.79 Å². The zero-order valence-corrected chi connectivity index (χ0v) is 21.8. The van der Waals surface area contributed by atoms with Gasteiger partial charge in [-0.15, -0.1) is 0 Å². The summed E-state index contributed by atoms with van der Waals surface area (Å²) >= 11 is 0. The molecule has 2 heterocycles. The number of alkyl carbamates (subject to hydrolysis) is 1. The highest BCUT2D eigenvalue weighted by atomic mass is 32.2. The van der Waals surface area contributed by atoms with Gasteiger partial charge in [0.15, 0.2) is 5.69 Å². The summed E-state index contributed by atoms with van der Waals surface area (Å²) in [6, 6.07) is 8.71. The van der Waals surface area contributed by atoms with Crippen molar-refractivity contribution in [1.29, 1.82) is 0 Å². The number of nitrogens with one attached hydrogen (secondary N) is 2. The average Bonchev–Trinajstić information content (AvgIpc) is 2.82. The van der Waals surface area contributed by atoms with E-state index in [2.05, 4.69) is 19.5 Å². The van der Waals surface area contributed by atoms with Crippen LogP contribution >= 0.6 is 0 Å². The van der Waals surface area contributed by atoms with E-state index >= 15 is 0 Å². The lowest BCUT2D eigenvalue weighted by molar-refractivity contribution is -0.0604.